The molecule has 0 amide bonds. The van der Waals surface area contributed by atoms with Crippen molar-refractivity contribution in [3.63, 3.8) is 0 Å². The lowest BCUT2D eigenvalue weighted by Crippen LogP contribution is -2.02. The lowest BCUT2D eigenvalue weighted by Gasteiger charge is -2.11. The summed E-state index contributed by atoms with van der Waals surface area (Å²) in [6, 6.07) is 14.8. The Labute approximate surface area is 120 Å². The molecule has 3 heteroatoms. The minimum Gasteiger partial charge on any atom is -0.507 e. The predicted octanol–water partition coefficient (Wildman–Crippen LogP) is 4.11. The second-order valence-corrected chi connectivity index (χ2v) is 5.15. The van der Waals surface area contributed by atoms with Crippen LogP contribution in [-0.4, -0.2) is 5.11 Å². The average Bonchev–Trinajstić information content (AvgIpc) is 2.51. The molecule has 0 aliphatic rings. The molecule has 0 unspecified atom stereocenters. The molecule has 0 aliphatic carbocycles. The minimum atomic E-state index is -0.415. The van der Waals surface area contributed by atoms with E-state index in [1.807, 2.05) is 49.4 Å². The molecule has 0 fully saturated rings. The number of para-hydroxylation sites is 1. The lowest BCUT2D eigenvalue weighted by atomic mass is 9.96. The van der Waals surface area contributed by atoms with Crippen molar-refractivity contribution in [1.82, 2.24) is 0 Å². The van der Waals surface area contributed by atoms with Gasteiger partial charge >= 0.3 is 5.63 Å². The molecule has 21 heavy (non-hydrogen) atoms. The number of rotatable bonds is 0. The second-order valence-electron chi connectivity index (χ2n) is 5.15. The summed E-state index contributed by atoms with van der Waals surface area (Å²) in [7, 11) is 0. The van der Waals surface area contributed by atoms with Crippen molar-refractivity contribution in [2.75, 3.05) is 0 Å². The van der Waals surface area contributed by atoms with E-state index in [2.05, 4.69) is 0 Å². The van der Waals surface area contributed by atoms with E-state index >= 15 is 0 Å². The zero-order valence-electron chi connectivity index (χ0n) is 11.4. The van der Waals surface area contributed by atoms with Crippen LogP contribution in [0.15, 0.2) is 57.7 Å². The summed E-state index contributed by atoms with van der Waals surface area (Å²) in [6.07, 6.45) is 0. The Morgan fingerprint density at radius 2 is 1.48 bits per heavy atom. The second kappa shape index (κ2) is 4.09. The molecule has 0 saturated heterocycles. The number of phenols is 1. The summed E-state index contributed by atoms with van der Waals surface area (Å²) in [5.74, 6) is 0.135. The maximum Gasteiger partial charge on any atom is 0.344 e. The molecule has 1 aromatic heterocycles. The molecule has 4 aromatic rings. The summed E-state index contributed by atoms with van der Waals surface area (Å²) in [4.78, 5) is 12.3. The summed E-state index contributed by atoms with van der Waals surface area (Å²) in [6.45, 7) is 1.88. The molecule has 0 aliphatic heterocycles. The first-order valence-corrected chi connectivity index (χ1v) is 6.74. The van der Waals surface area contributed by atoms with E-state index in [-0.39, 0.29) is 5.75 Å². The molecule has 0 bridgehead atoms. The van der Waals surface area contributed by atoms with Gasteiger partial charge in [-0.2, -0.15) is 0 Å². The van der Waals surface area contributed by atoms with Crippen LogP contribution in [0.1, 0.15) is 5.56 Å². The zero-order valence-corrected chi connectivity index (χ0v) is 11.4. The first-order valence-electron chi connectivity index (χ1n) is 6.74. The van der Waals surface area contributed by atoms with Crippen LogP contribution in [0.4, 0.5) is 0 Å². The Morgan fingerprint density at radius 1 is 0.857 bits per heavy atom. The van der Waals surface area contributed by atoms with Crippen LogP contribution in [0.5, 0.6) is 5.75 Å². The quantitative estimate of drug-likeness (QED) is 0.299. The molecular weight excluding hydrogens is 264 g/mol. The van der Waals surface area contributed by atoms with E-state index in [1.54, 1.807) is 6.07 Å². The molecule has 1 N–H and O–H groups in total. The van der Waals surface area contributed by atoms with E-state index in [0.29, 0.717) is 16.4 Å². The largest absolute Gasteiger partial charge is 0.507 e. The van der Waals surface area contributed by atoms with Crippen molar-refractivity contribution in [2.45, 2.75) is 6.92 Å². The number of hydrogen-bond acceptors (Lipinski definition) is 3. The third-order valence-corrected chi connectivity index (χ3v) is 4.01. The fourth-order valence-corrected chi connectivity index (χ4v) is 3.02. The van der Waals surface area contributed by atoms with E-state index < -0.39 is 5.63 Å². The number of benzene rings is 3. The lowest BCUT2D eigenvalue weighted by molar-refractivity contribution is 0.487. The van der Waals surface area contributed by atoms with Crippen LogP contribution in [0, 0.1) is 6.92 Å². The highest BCUT2D eigenvalue weighted by atomic mass is 16.4. The van der Waals surface area contributed by atoms with E-state index in [4.69, 9.17) is 4.42 Å². The van der Waals surface area contributed by atoms with Crippen molar-refractivity contribution < 1.29 is 9.52 Å². The Bertz CT molecular complexity index is 1070. The van der Waals surface area contributed by atoms with Gasteiger partial charge in [0.1, 0.15) is 11.3 Å². The monoisotopic (exact) mass is 276 g/mol. The smallest absolute Gasteiger partial charge is 0.344 e. The molecule has 0 spiro atoms. The Kier molecular flexibility index (Phi) is 2.33. The van der Waals surface area contributed by atoms with E-state index in [0.717, 1.165) is 21.7 Å². The van der Waals surface area contributed by atoms with Crippen molar-refractivity contribution in [3.05, 3.63) is 64.5 Å². The molecule has 0 atom stereocenters. The third-order valence-electron chi connectivity index (χ3n) is 4.01. The molecule has 102 valence electrons. The SMILES string of the molecule is Cc1c2ccccc2c(O)c2c1c(=O)oc1ccccc12. The van der Waals surface area contributed by atoms with Crippen LogP contribution >= 0.6 is 0 Å². The van der Waals surface area contributed by atoms with Gasteiger partial charge in [0.2, 0.25) is 0 Å². The van der Waals surface area contributed by atoms with Crippen molar-refractivity contribution in [1.29, 1.82) is 0 Å². The Balaban J connectivity index is 2.46. The van der Waals surface area contributed by atoms with Crippen LogP contribution in [0.2, 0.25) is 0 Å². The standard InChI is InChI=1S/C18H12O3/c1-10-11-6-2-3-7-12(11)17(19)16-13-8-4-5-9-14(13)21-18(20)15(10)16/h2-9,19H,1H3. The van der Waals surface area contributed by atoms with Gasteiger partial charge in [0.15, 0.2) is 0 Å². The number of phenolic OH excluding ortho intramolecular Hbond substituents is 1. The number of aryl methyl sites for hydroxylation is 1. The van der Waals surface area contributed by atoms with Gasteiger partial charge in [0.05, 0.1) is 5.39 Å². The molecule has 1 heterocycles. The third kappa shape index (κ3) is 1.51. The summed E-state index contributed by atoms with van der Waals surface area (Å²) < 4.78 is 5.39. The highest BCUT2D eigenvalue weighted by Gasteiger charge is 2.17. The van der Waals surface area contributed by atoms with Crippen LogP contribution in [-0.2, 0) is 0 Å². The van der Waals surface area contributed by atoms with Gasteiger partial charge in [-0.1, -0.05) is 42.5 Å². The molecule has 3 aromatic carbocycles. The van der Waals surface area contributed by atoms with Crippen molar-refractivity contribution in [3.8, 4) is 5.75 Å². The summed E-state index contributed by atoms with van der Waals surface area (Å²) >= 11 is 0. The number of fused-ring (bicyclic) bond motifs is 4. The molecule has 0 saturated carbocycles. The zero-order chi connectivity index (χ0) is 14.6. The fraction of sp³-hybridized carbons (Fsp3) is 0.0556. The average molecular weight is 276 g/mol. The normalized spacial score (nSPS) is 11.5. The van der Waals surface area contributed by atoms with Gasteiger partial charge in [-0.25, -0.2) is 4.79 Å². The molecule has 4 rings (SSSR count). The van der Waals surface area contributed by atoms with E-state index in [1.165, 1.54) is 0 Å². The summed E-state index contributed by atoms with van der Waals surface area (Å²) in [5.41, 5.74) is 0.903. The molecular formula is C18H12O3. The topological polar surface area (TPSA) is 50.4 Å². The summed E-state index contributed by atoms with van der Waals surface area (Å²) in [5, 5.41) is 14.1. The van der Waals surface area contributed by atoms with Crippen molar-refractivity contribution >= 4 is 32.5 Å². The van der Waals surface area contributed by atoms with Gasteiger partial charge < -0.3 is 9.52 Å². The highest BCUT2D eigenvalue weighted by Crippen LogP contribution is 2.39. The fourth-order valence-electron chi connectivity index (χ4n) is 3.02. The van der Waals surface area contributed by atoms with Gasteiger partial charge in [-0.05, 0) is 23.9 Å². The Morgan fingerprint density at radius 3 is 2.24 bits per heavy atom. The Hall–Kier alpha value is -2.81. The van der Waals surface area contributed by atoms with Gasteiger partial charge in [0, 0.05) is 16.2 Å². The maximum absolute atomic E-state index is 12.3. The van der Waals surface area contributed by atoms with Gasteiger partial charge in [-0.15, -0.1) is 0 Å². The van der Waals surface area contributed by atoms with Gasteiger partial charge in [-0.3, -0.25) is 0 Å². The molecule has 0 radical (unpaired) electrons. The van der Waals surface area contributed by atoms with E-state index in [9.17, 15) is 9.90 Å². The maximum atomic E-state index is 12.3. The number of aromatic hydroxyl groups is 1. The predicted molar refractivity (Wildman–Crippen MR) is 83.9 cm³/mol. The first kappa shape index (κ1) is 12.0. The number of hydrogen-bond donors (Lipinski definition) is 1. The van der Waals surface area contributed by atoms with Crippen molar-refractivity contribution in [2.24, 2.45) is 0 Å². The van der Waals surface area contributed by atoms with Gasteiger partial charge in [0.25, 0.3) is 0 Å². The van der Waals surface area contributed by atoms with Crippen LogP contribution in [0.3, 0.4) is 0 Å². The highest BCUT2D eigenvalue weighted by molar-refractivity contribution is 6.16. The molecule has 3 nitrogen and oxygen atoms in total. The van der Waals surface area contributed by atoms with Crippen LogP contribution < -0.4 is 5.63 Å². The van der Waals surface area contributed by atoms with Crippen LogP contribution in [0.25, 0.3) is 32.5 Å². The first-order chi connectivity index (χ1) is 10.2. The minimum absolute atomic E-state index is 0.135.